The molecule has 154 valence electrons. The molecule has 0 radical (unpaired) electrons. The highest BCUT2D eigenvalue weighted by Gasteiger charge is 2.25. The predicted molar refractivity (Wildman–Crippen MR) is 104 cm³/mol. The van der Waals surface area contributed by atoms with E-state index in [4.69, 9.17) is 9.47 Å². The summed E-state index contributed by atoms with van der Waals surface area (Å²) in [5, 5.41) is 2.79. The van der Waals surface area contributed by atoms with Crippen LogP contribution in [-0.2, 0) is 14.3 Å². The van der Waals surface area contributed by atoms with Crippen LogP contribution in [0.15, 0.2) is 24.3 Å². The number of carbonyl (C=O) groups is 3. The van der Waals surface area contributed by atoms with E-state index in [-0.39, 0.29) is 31.0 Å². The summed E-state index contributed by atoms with van der Waals surface area (Å²) in [5.74, 6) is 0.444. The Balaban J connectivity index is 1.73. The highest BCUT2D eigenvalue weighted by molar-refractivity contribution is 5.92. The average Bonchev–Trinajstić information content (AvgIpc) is 2.68. The van der Waals surface area contributed by atoms with Crippen molar-refractivity contribution in [3.8, 4) is 5.75 Å². The third-order valence-corrected chi connectivity index (χ3v) is 4.35. The number of piperazine rings is 1. The number of carbonyl (C=O) groups excluding carboxylic acids is 3. The zero-order valence-corrected chi connectivity index (χ0v) is 16.6. The number of ether oxygens (including phenoxy) is 2. The summed E-state index contributed by atoms with van der Waals surface area (Å²) in [7, 11) is 3.30. The first-order valence-corrected chi connectivity index (χ1v) is 9.24. The van der Waals surface area contributed by atoms with Crippen molar-refractivity contribution < 1.29 is 23.9 Å². The summed E-state index contributed by atoms with van der Waals surface area (Å²) in [5.41, 5.74) is 0.667. The van der Waals surface area contributed by atoms with Gasteiger partial charge >= 0.3 is 6.09 Å². The molecule has 0 spiro atoms. The molecule has 1 aliphatic heterocycles. The van der Waals surface area contributed by atoms with Crippen molar-refractivity contribution in [2.45, 2.75) is 6.92 Å². The van der Waals surface area contributed by atoms with Gasteiger partial charge in [0.1, 0.15) is 5.75 Å². The van der Waals surface area contributed by atoms with Crippen LogP contribution in [0.2, 0.25) is 0 Å². The first-order valence-electron chi connectivity index (χ1n) is 9.24. The molecule has 1 heterocycles. The zero-order valence-electron chi connectivity index (χ0n) is 16.6. The number of nitrogens with one attached hydrogen (secondary N) is 1. The third-order valence-electron chi connectivity index (χ3n) is 4.35. The summed E-state index contributed by atoms with van der Waals surface area (Å²) in [4.78, 5) is 41.2. The van der Waals surface area contributed by atoms with Crippen LogP contribution in [0.3, 0.4) is 0 Å². The van der Waals surface area contributed by atoms with Gasteiger partial charge in [0, 0.05) is 31.9 Å². The van der Waals surface area contributed by atoms with Gasteiger partial charge in [-0.3, -0.25) is 14.5 Å². The number of benzene rings is 1. The maximum Gasteiger partial charge on any atom is 0.409 e. The molecule has 0 saturated carbocycles. The van der Waals surface area contributed by atoms with Gasteiger partial charge in [0.05, 0.1) is 26.8 Å². The van der Waals surface area contributed by atoms with E-state index in [1.807, 2.05) is 0 Å². The second-order valence-electron chi connectivity index (χ2n) is 6.52. The number of hydrogen-bond acceptors (Lipinski definition) is 6. The molecular weight excluding hydrogens is 364 g/mol. The van der Waals surface area contributed by atoms with Crippen molar-refractivity contribution in [1.29, 1.82) is 0 Å². The maximum atomic E-state index is 12.4. The van der Waals surface area contributed by atoms with Crippen molar-refractivity contribution in [3.63, 3.8) is 0 Å². The second-order valence-corrected chi connectivity index (χ2v) is 6.52. The average molecular weight is 392 g/mol. The van der Waals surface area contributed by atoms with Crippen LogP contribution in [0.4, 0.5) is 10.5 Å². The van der Waals surface area contributed by atoms with E-state index in [9.17, 15) is 14.4 Å². The lowest BCUT2D eigenvalue weighted by Crippen LogP contribution is -2.52. The number of methoxy groups -OCH3 is 1. The van der Waals surface area contributed by atoms with E-state index in [1.54, 1.807) is 60.0 Å². The van der Waals surface area contributed by atoms with Gasteiger partial charge in [-0.2, -0.15) is 0 Å². The lowest BCUT2D eigenvalue weighted by Gasteiger charge is -2.34. The molecule has 28 heavy (non-hydrogen) atoms. The minimum atomic E-state index is -0.345. The molecule has 1 aliphatic rings. The zero-order chi connectivity index (χ0) is 20.5. The van der Waals surface area contributed by atoms with E-state index in [1.165, 1.54) is 0 Å². The molecule has 2 rings (SSSR count). The topological polar surface area (TPSA) is 91.4 Å². The van der Waals surface area contributed by atoms with Crippen molar-refractivity contribution in [2.24, 2.45) is 0 Å². The van der Waals surface area contributed by atoms with Gasteiger partial charge in [-0.05, 0) is 38.2 Å². The molecule has 0 unspecified atom stereocenters. The molecule has 1 aromatic carbocycles. The van der Waals surface area contributed by atoms with Crippen LogP contribution in [0, 0.1) is 0 Å². The molecule has 0 bridgehead atoms. The van der Waals surface area contributed by atoms with Crippen molar-refractivity contribution in [1.82, 2.24) is 14.7 Å². The van der Waals surface area contributed by atoms with Crippen LogP contribution in [0.5, 0.6) is 5.75 Å². The van der Waals surface area contributed by atoms with Gasteiger partial charge in [-0.1, -0.05) is 0 Å². The van der Waals surface area contributed by atoms with Crippen LogP contribution in [-0.4, -0.2) is 92.6 Å². The number of rotatable bonds is 7. The smallest absolute Gasteiger partial charge is 0.409 e. The van der Waals surface area contributed by atoms with Gasteiger partial charge in [0.25, 0.3) is 0 Å². The first-order chi connectivity index (χ1) is 13.4. The fraction of sp³-hybridized carbons (Fsp3) is 0.526. The van der Waals surface area contributed by atoms with E-state index >= 15 is 0 Å². The Hall–Kier alpha value is -2.81. The molecule has 1 saturated heterocycles. The molecule has 0 aliphatic carbocycles. The first kappa shape index (κ1) is 21.5. The minimum Gasteiger partial charge on any atom is -0.497 e. The van der Waals surface area contributed by atoms with E-state index in [0.29, 0.717) is 44.2 Å². The second kappa shape index (κ2) is 10.5. The van der Waals surface area contributed by atoms with E-state index in [2.05, 4.69) is 5.32 Å². The Bertz CT molecular complexity index is 671. The quantitative estimate of drug-likeness (QED) is 0.740. The Kier molecular flexibility index (Phi) is 8.06. The van der Waals surface area contributed by atoms with Gasteiger partial charge in [-0.25, -0.2) is 4.79 Å². The Morgan fingerprint density at radius 2 is 1.64 bits per heavy atom. The number of amides is 3. The lowest BCUT2D eigenvalue weighted by molar-refractivity contribution is -0.134. The fourth-order valence-electron chi connectivity index (χ4n) is 2.86. The monoisotopic (exact) mass is 392 g/mol. The molecule has 9 heteroatoms. The molecule has 1 N–H and O–H groups in total. The molecule has 0 atom stereocenters. The number of hydrogen-bond donors (Lipinski definition) is 1. The van der Waals surface area contributed by atoms with Gasteiger partial charge in [-0.15, -0.1) is 0 Å². The molecular formula is C19H28N4O5. The largest absolute Gasteiger partial charge is 0.497 e. The molecule has 9 nitrogen and oxygen atoms in total. The minimum absolute atomic E-state index is 0.0664. The summed E-state index contributed by atoms with van der Waals surface area (Å²) in [6, 6.07) is 7.04. The normalized spacial score (nSPS) is 14.0. The van der Waals surface area contributed by atoms with Crippen molar-refractivity contribution in [2.75, 3.05) is 65.3 Å². The predicted octanol–water partition coefficient (Wildman–Crippen LogP) is 0.866. The Morgan fingerprint density at radius 3 is 2.21 bits per heavy atom. The fourth-order valence-corrected chi connectivity index (χ4v) is 2.86. The van der Waals surface area contributed by atoms with Gasteiger partial charge < -0.3 is 24.6 Å². The number of nitrogens with zero attached hydrogens (tertiary/aromatic N) is 3. The van der Waals surface area contributed by atoms with Crippen LogP contribution in [0.1, 0.15) is 6.92 Å². The molecule has 1 fully saturated rings. The summed E-state index contributed by atoms with van der Waals surface area (Å²) >= 11 is 0. The molecule has 0 aromatic heterocycles. The van der Waals surface area contributed by atoms with Crippen molar-refractivity contribution in [3.05, 3.63) is 24.3 Å². The summed E-state index contributed by atoms with van der Waals surface area (Å²) in [6.45, 7) is 4.15. The standard InChI is InChI=1S/C19H28N4O5/c1-4-28-19(26)23-11-9-22(10-12-23)18(25)14-21(2)13-17(24)20-15-5-7-16(27-3)8-6-15/h5-8H,4,9-14H2,1-3H3,(H,20,24). The van der Waals surface area contributed by atoms with E-state index in [0.717, 1.165) is 0 Å². The summed E-state index contributed by atoms with van der Waals surface area (Å²) < 4.78 is 10.1. The van der Waals surface area contributed by atoms with E-state index < -0.39 is 0 Å². The van der Waals surface area contributed by atoms with Crippen LogP contribution >= 0.6 is 0 Å². The summed E-state index contributed by atoms with van der Waals surface area (Å²) in [6.07, 6.45) is -0.345. The maximum absolute atomic E-state index is 12.4. The molecule has 3 amide bonds. The van der Waals surface area contributed by atoms with Crippen LogP contribution < -0.4 is 10.1 Å². The highest BCUT2D eigenvalue weighted by Crippen LogP contribution is 2.14. The van der Waals surface area contributed by atoms with Crippen molar-refractivity contribution >= 4 is 23.6 Å². The van der Waals surface area contributed by atoms with Crippen LogP contribution in [0.25, 0.3) is 0 Å². The van der Waals surface area contributed by atoms with Gasteiger partial charge in [0.2, 0.25) is 11.8 Å². The molecule has 1 aromatic rings. The van der Waals surface area contributed by atoms with Gasteiger partial charge in [0.15, 0.2) is 0 Å². The number of anilines is 1. The SMILES string of the molecule is CCOC(=O)N1CCN(C(=O)CN(C)CC(=O)Nc2ccc(OC)cc2)CC1. The third kappa shape index (κ3) is 6.41. The Labute approximate surface area is 165 Å². The highest BCUT2D eigenvalue weighted by atomic mass is 16.6. The number of likely N-dealkylation sites (N-methyl/N-ethyl adjacent to an activating group) is 1. The lowest BCUT2D eigenvalue weighted by atomic mass is 10.3. The Morgan fingerprint density at radius 1 is 1.04 bits per heavy atom.